The average Bonchev–Trinajstić information content (AvgIpc) is 3.04. The van der Waals surface area contributed by atoms with Crippen LogP contribution in [0.25, 0.3) is 11.1 Å². The zero-order valence-corrected chi connectivity index (χ0v) is 19.4. The van der Waals surface area contributed by atoms with Crippen LogP contribution in [0.1, 0.15) is 24.5 Å². The lowest BCUT2D eigenvalue weighted by Gasteiger charge is -2.26. The molecule has 4 rings (SSSR count). The van der Waals surface area contributed by atoms with E-state index in [1.807, 2.05) is 0 Å². The van der Waals surface area contributed by atoms with Crippen molar-refractivity contribution in [3.8, 4) is 16.9 Å². The molecule has 1 unspecified atom stereocenters. The first-order valence-electron chi connectivity index (χ1n) is 10.5. The van der Waals surface area contributed by atoms with Gasteiger partial charge >= 0.3 is 10.1 Å². The normalized spacial score (nSPS) is 18.1. The van der Waals surface area contributed by atoms with Crippen molar-refractivity contribution in [1.29, 1.82) is 0 Å². The fraction of sp³-hybridized carbons (Fsp3) is 0.208. The number of halogens is 1. The Morgan fingerprint density at radius 3 is 2.38 bits per heavy atom. The Labute approximate surface area is 197 Å². The quantitative estimate of drug-likeness (QED) is 0.409. The summed E-state index contributed by atoms with van der Waals surface area (Å²) in [6.07, 6.45) is 1.79. The number of nitrogens with two attached hydrogens (primary N) is 1. The van der Waals surface area contributed by atoms with Crippen LogP contribution in [-0.4, -0.2) is 43.0 Å². The summed E-state index contributed by atoms with van der Waals surface area (Å²) in [6, 6.07) is 16.1. The smallest absolute Gasteiger partial charge is 0.309 e. The van der Waals surface area contributed by atoms with Gasteiger partial charge in [0.05, 0.1) is 5.75 Å². The van der Waals surface area contributed by atoms with E-state index in [0.717, 1.165) is 0 Å². The van der Waals surface area contributed by atoms with Crippen LogP contribution in [0, 0.1) is 5.95 Å². The van der Waals surface area contributed by atoms with Crippen molar-refractivity contribution in [3.05, 3.63) is 83.9 Å². The average molecular weight is 483 g/mol. The van der Waals surface area contributed by atoms with Gasteiger partial charge in [0, 0.05) is 19.3 Å². The molecule has 176 valence electrons. The minimum Gasteiger partial charge on any atom is -0.382 e. The predicted molar refractivity (Wildman–Crippen MR) is 126 cm³/mol. The van der Waals surface area contributed by atoms with Gasteiger partial charge in [-0.2, -0.15) is 12.8 Å². The minimum absolute atomic E-state index is 0.0382. The van der Waals surface area contributed by atoms with Crippen LogP contribution in [0.5, 0.6) is 5.75 Å². The van der Waals surface area contributed by atoms with E-state index in [2.05, 4.69) is 9.98 Å². The van der Waals surface area contributed by atoms with E-state index in [9.17, 15) is 17.6 Å². The Morgan fingerprint density at radius 2 is 1.76 bits per heavy atom. The first kappa shape index (κ1) is 23.4. The lowest BCUT2D eigenvalue weighted by Crippen LogP contribution is -2.41. The number of amides is 1. The van der Waals surface area contributed by atoms with Crippen molar-refractivity contribution in [2.45, 2.75) is 18.9 Å². The zero-order chi connectivity index (χ0) is 24.5. The zero-order valence-electron chi connectivity index (χ0n) is 18.6. The van der Waals surface area contributed by atoms with E-state index in [4.69, 9.17) is 9.92 Å². The Hall–Kier alpha value is -3.79. The number of pyridine rings is 1. The Bertz CT molecular complexity index is 1380. The van der Waals surface area contributed by atoms with Crippen LogP contribution in [0.15, 0.2) is 71.9 Å². The fourth-order valence-electron chi connectivity index (χ4n) is 3.88. The second kappa shape index (κ2) is 8.86. The van der Waals surface area contributed by atoms with E-state index in [-0.39, 0.29) is 23.4 Å². The van der Waals surface area contributed by atoms with Crippen LogP contribution in [-0.2, 0) is 20.5 Å². The van der Waals surface area contributed by atoms with E-state index < -0.39 is 21.6 Å². The standard InChI is InChI=1S/C24H23FN4O4S/c1-3-13-34(31,32)33-20-9-7-18(8-10-20)24(22(30)29(2)23(26)28-24)19-6-4-5-16(14-19)17-11-12-27-21(25)15-17/h4-12,14-15H,3,13H2,1-2H3,(H2,26,28). The number of aromatic nitrogens is 1. The van der Waals surface area contributed by atoms with Crippen LogP contribution in [0.2, 0.25) is 0 Å². The third-order valence-electron chi connectivity index (χ3n) is 5.53. The molecule has 0 aliphatic carbocycles. The molecule has 0 saturated heterocycles. The summed E-state index contributed by atoms with van der Waals surface area (Å²) in [4.78, 5) is 22.8. The third kappa shape index (κ3) is 4.24. The van der Waals surface area contributed by atoms with Crippen LogP contribution >= 0.6 is 0 Å². The molecule has 2 aromatic carbocycles. The first-order valence-corrected chi connectivity index (χ1v) is 12.1. The number of hydrogen-bond acceptors (Lipinski definition) is 7. The summed E-state index contributed by atoms with van der Waals surface area (Å²) >= 11 is 0. The highest BCUT2D eigenvalue weighted by atomic mass is 32.2. The molecule has 0 spiro atoms. The number of rotatable bonds is 7. The third-order valence-corrected chi connectivity index (χ3v) is 6.88. The van der Waals surface area contributed by atoms with Crippen molar-refractivity contribution in [1.82, 2.24) is 9.88 Å². The van der Waals surface area contributed by atoms with Crippen molar-refractivity contribution in [3.63, 3.8) is 0 Å². The van der Waals surface area contributed by atoms with Gasteiger partial charge < -0.3 is 9.92 Å². The van der Waals surface area contributed by atoms with E-state index >= 15 is 0 Å². The van der Waals surface area contributed by atoms with Gasteiger partial charge in [0.15, 0.2) is 11.5 Å². The molecule has 3 aromatic rings. The van der Waals surface area contributed by atoms with E-state index in [1.54, 1.807) is 49.4 Å². The number of likely N-dealkylation sites (N-methyl/N-ethyl adjacent to an activating group) is 1. The van der Waals surface area contributed by atoms with E-state index in [1.165, 1.54) is 36.3 Å². The summed E-state index contributed by atoms with van der Waals surface area (Å²) in [6.45, 7) is 1.74. The number of aliphatic imine (C=N–C) groups is 1. The number of nitrogens with zero attached hydrogens (tertiary/aromatic N) is 3. The lowest BCUT2D eigenvalue weighted by molar-refractivity contribution is -0.129. The molecule has 1 amide bonds. The van der Waals surface area contributed by atoms with Crippen molar-refractivity contribution >= 4 is 22.0 Å². The Balaban J connectivity index is 1.81. The van der Waals surface area contributed by atoms with Crippen molar-refractivity contribution in [2.75, 3.05) is 12.8 Å². The molecule has 1 aromatic heterocycles. The molecule has 0 fully saturated rings. The molecule has 2 N–H and O–H groups in total. The summed E-state index contributed by atoms with van der Waals surface area (Å²) in [5, 5.41) is 0. The van der Waals surface area contributed by atoms with Gasteiger partial charge in [-0.15, -0.1) is 0 Å². The maximum Gasteiger partial charge on any atom is 0.309 e. The van der Waals surface area contributed by atoms with Crippen molar-refractivity contribution < 1.29 is 21.8 Å². The van der Waals surface area contributed by atoms with Gasteiger partial charge in [0.25, 0.3) is 5.91 Å². The molecule has 34 heavy (non-hydrogen) atoms. The van der Waals surface area contributed by atoms with Crippen LogP contribution < -0.4 is 9.92 Å². The SMILES string of the molecule is CCCS(=O)(=O)Oc1ccc(C2(c3cccc(-c4ccnc(F)c4)c3)N=C(N)N(C)C2=O)cc1. The monoisotopic (exact) mass is 482 g/mol. The molecule has 1 atom stereocenters. The number of benzene rings is 2. The molecule has 8 nitrogen and oxygen atoms in total. The summed E-state index contributed by atoms with van der Waals surface area (Å²) < 4.78 is 42.8. The van der Waals surface area contributed by atoms with Crippen LogP contribution in [0.3, 0.4) is 0 Å². The van der Waals surface area contributed by atoms with E-state index in [0.29, 0.717) is 28.7 Å². The molecule has 0 saturated carbocycles. The molecular weight excluding hydrogens is 459 g/mol. The Kier molecular flexibility index (Phi) is 6.09. The number of carbonyl (C=O) groups is 1. The highest BCUT2D eigenvalue weighted by Crippen LogP contribution is 2.41. The molecule has 1 aliphatic rings. The molecule has 0 radical (unpaired) electrons. The summed E-state index contributed by atoms with van der Waals surface area (Å²) in [5.74, 6) is -0.939. The van der Waals surface area contributed by atoms with Crippen LogP contribution in [0.4, 0.5) is 4.39 Å². The van der Waals surface area contributed by atoms with Gasteiger partial charge in [-0.25, -0.2) is 9.98 Å². The highest BCUT2D eigenvalue weighted by molar-refractivity contribution is 7.87. The summed E-state index contributed by atoms with van der Waals surface area (Å²) in [5.41, 5.74) is 6.78. The maximum absolute atomic E-state index is 13.7. The molecule has 10 heteroatoms. The summed E-state index contributed by atoms with van der Waals surface area (Å²) in [7, 11) is -2.18. The number of guanidine groups is 1. The first-order chi connectivity index (χ1) is 16.2. The van der Waals surface area contributed by atoms with Gasteiger partial charge in [-0.1, -0.05) is 37.3 Å². The second-order valence-corrected chi connectivity index (χ2v) is 9.55. The molecular formula is C24H23FN4O4S. The molecule has 1 aliphatic heterocycles. The Morgan fingerprint density at radius 1 is 1.06 bits per heavy atom. The molecule has 2 heterocycles. The number of hydrogen-bond donors (Lipinski definition) is 1. The van der Waals surface area contributed by atoms with Crippen molar-refractivity contribution in [2.24, 2.45) is 10.7 Å². The fourth-order valence-corrected chi connectivity index (χ4v) is 4.87. The predicted octanol–water partition coefficient (Wildman–Crippen LogP) is 3.04. The number of carbonyl (C=O) groups excluding carboxylic acids is 1. The largest absolute Gasteiger partial charge is 0.382 e. The van der Waals surface area contributed by atoms with Gasteiger partial charge in [-0.3, -0.25) is 9.69 Å². The van der Waals surface area contributed by atoms with Gasteiger partial charge in [0.2, 0.25) is 5.95 Å². The minimum atomic E-state index is -3.71. The lowest BCUT2D eigenvalue weighted by atomic mass is 9.81. The second-order valence-electron chi connectivity index (χ2n) is 7.86. The maximum atomic E-state index is 13.7. The van der Waals surface area contributed by atoms with Gasteiger partial charge in [-0.05, 0) is 52.9 Å². The molecule has 0 bridgehead atoms. The van der Waals surface area contributed by atoms with Gasteiger partial charge in [0.1, 0.15) is 5.75 Å². The topological polar surface area (TPSA) is 115 Å². The highest BCUT2D eigenvalue weighted by Gasteiger charge is 2.49.